The zero-order chi connectivity index (χ0) is 8.39. The van der Waals surface area contributed by atoms with Gasteiger partial charge < -0.3 is 5.11 Å². The van der Waals surface area contributed by atoms with E-state index >= 15 is 0 Å². The van der Waals surface area contributed by atoms with Crippen molar-refractivity contribution in [3.63, 3.8) is 0 Å². The molecule has 62 valence electrons. The highest BCUT2D eigenvalue weighted by Gasteiger charge is 2.04. The van der Waals surface area contributed by atoms with E-state index in [0.717, 1.165) is 5.69 Å². The van der Waals surface area contributed by atoms with Gasteiger partial charge in [0.25, 0.3) is 0 Å². The third-order valence-electron chi connectivity index (χ3n) is 1.60. The van der Waals surface area contributed by atoms with Gasteiger partial charge in [0.2, 0.25) is 0 Å². The molecule has 2 rings (SSSR count). The van der Waals surface area contributed by atoms with E-state index in [0.29, 0.717) is 0 Å². The maximum Gasteiger partial charge on any atom is 0.115 e. The quantitative estimate of drug-likeness (QED) is 0.570. The summed E-state index contributed by atoms with van der Waals surface area (Å²) in [6.45, 7) is 0. The number of aromatic hydroxyl groups is 1. The van der Waals surface area contributed by atoms with Crippen LogP contribution in [0.15, 0.2) is 36.7 Å². The van der Waals surface area contributed by atoms with Crippen LogP contribution in [-0.4, -0.2) is 5.11 Å². The lowest BCUT2D eigenvalue weighted by atomic mass is 10.3. The molecule has 0 fully saturated rings. The Labute approximate surface area is 70.1 Å². The summed E-state index contributed by atoms with van der Waals surface area (Å²) in [6, 6.07) is 6.89. The van der Waals surface area contributed by atoms with Gasteiger partial charge in [-0.15, -0.1) is 0 Å². The number of hydrogen-bond acceptors (Lipinski definition) is 4. The summed E-state index contributed by atoms with van der Waals surface area (Å²) in [7, 11) is 0. The van der Waals surface area contributed by atoms with Gasteiger partial charge in [0.15, 0.2) is 0 Å². The maximum atomic E-state index is 9.02. The number of rotatable bonds is 1. The van der Waals surface area contributed by atoms with Gasteiger partial charge in [-0.3, -0.25) is 10.9 Å². The molecule has 0 atom stereocenters. The Morgan fingerprint density at radius 3 is 2.17 bits per heavy atom. The van der Waals surface area contributed by atoms with Crippen molar-refractivity contribution in [2.75, 3.05) is 5.12 Å². The molecule has 0 saturated carbocycles. The molecule has 4 heteroatoms. The summed E-state index contributed by atoms with van der Waals surface area (Å²) < 4.78 is 0. The summed E-state index contributed by atoms with van der Waals surface area (Å²) in [5.74, 6) is 0.269. The summed E-state index contributed by atoms with van der Waals surface area (Å²) in [5, 5.41) is 10.8. The van der Waals surface area contributed by atoms with Gasteiger partial charge in [0.1, 0.15) is 5.75 Å². The predicted octanol–water partition coefficient (Wildman–Crippen LogP) is 0.693. The van der Waals surface area contributed by atoms with E-state index in [1.54, 1.807) is 29.7 Å². The molecule has 3 N–H and O–H groups in total. The molecule has 4 nitrogen and oxygen atoms in total. The fraction of sp³-hybridized carbons (Fsp3) is 0. The topological polar surface area (TPSA) is 47.5 Å². The van der Waals surface area contributed by atoms with Crippen LogP contribution in [0.2, 0.25) is 0 Å². The lowest BCUT2D eigenvalue weighted by Crippen LogP contribution is -2.37. The number of hydrogen-bond donors (Lipinski definition) is 3. The predicted molar refractivity (Wildman–Crippen MR) is 46.0 cm³/mol. The van der Waals surface area contributed by atoms with Crippen molar-refractivity contribution in [3.05, 3.63) is 36.7 Å². The average Bonchev–Trinajstić information content (AvgIpc) is 2.58. The van der Waals surface area contributed by atoms with Crippen LogP contribution in [0.25, 0.3) is 0 Å². The van der Waals surface area contributed by atoms with E-state index in [1.165, 1.54) is 0 Å². The Kier molecular flexibility index (Phi) is 1.51. The molecule has 0 radical (unpaired) electrons. The summed E-state index contributed by atoms with van der Waals surface area (Å²) >= 11 is 0. The molecular formula is C8H9N3O. The van der Waals surface area contributed by atoms with Crippen LogP contribution >= 0.6 is 0 Å². The van der Waals surface area contributed by atoms with Crippen LogP contribution in [0, 0.1) is 0 Å². The number of phenolic OH excluding ortho intramolecular Hbond substituents is 1. The second kappa shape index (κ2) is 2.65. The molecule has 0 aliphatic carbocycles. The first kappa shape index (κ1) is 6.84. The fourth-order valence-corrected chi connectivity index (χ4v) is 1.01. The number of phenols is 1. The molecule has 1 aliphatic rings. The molecule has 12 heavy (non-hydrogen) atoms. The Balaban J connectivity index is 2.18. The van der Waals surface area contributed by atoms with E-state index in [-0.39, 0.29) is 5.75 Å². The van der Waals surface area contributed by atoms with E-state index in [1.807, 2.05) is 12.1 Å². The van der Waals surface area contributed by atoms with Crippen LogP contribution in [0.3, 0.4) is 0 Å². The van der Waals surface area contributed by atoms with Gasteiger partial charge in [-0.1, -0.05) is 0 Å². The Morgan fingerprint density at radius 2 is 1.58 bits per heavy atom. The summed E-state index contributed by atoms with van der Waals surface area (Å²) in [6.07, 6.45) is 3.57. The molecule has 0 saturated heterocycles. The maximum absolute atomic E-state index is 9.02. The first-order valence-corrected chi connectivity index (χ1v) is 3.63. The zero-order valence-corrected chi connectivity index (χ0v) is 6.36. The van der Waals surface area contributed by atoms with Crippen molar-refractivity contribution in [3.8, 4) is 5.75 Å². The standard InChI is InChI=1S/C8H9N3O/c12-8-3-1-7(2-4-8)11-9-5-6-10-11/h1-6,9-10,12H. The molecule has 1 aliphatic heterocycles. The highest BCUT2D eigenvalue weighted by molar-refractivity contribution is 5.47. The van der Waals surface area contributed by atoms with Crippen molar-refractivity contribution < 1.29 is 5.11 Å². The van der Waals surface area contributed by atoms with Gasteiger partial charge in [-0.25, -0.2) is 0 Å². The largest absolute Gasteiger partial charge is 0.508 e. The monoisotopic (exact) mass is 163 g/mol. The molecule has 1 aromatic carbocycles. The van der Waals surface area contributed by atoms with Crippen molar-refractivity contribution in [1.82, 2.24) is 10.9 Å². The second-order valence-electron chi connectivity index (χ2n) is 2.44. The minimum Gasteiger partial charge on any atom is -0.508 e. The number of benzene rings is 1. The van der Waals surface area contributed by atoms with Crippen LogP contribution in [0.1, 0.15) is 0 Å². The fourth-order valence-electron chi connectivity index (χ4n) is 1.01. The molecule has 0 amide bonds. The van der Waals surface area contributed by atoms with E-state index in [4.69, 9.17) is 5.11 Å². The van der Waals surface area contributed by atoms with Crippen LogP contribution in [-0.2, 0) is 0 Å². The molecule has 0 aromatic heterocycles. The normalized spacial score (nSPS) is 14.2. The second-order valence-corrected chi connectivity index (χ2v) is 2.44. The van der Waals surface area contributed by atoms with Gasteiger partial charge >= 0.3 is 0 Å². The molecule has 1 heterocycles. The number of nitrogens with zero attached hydrogens (tertiary/aromatic N) is 1. The third-order valence-corrected chi connectivity index (χ3v) is 1.60. The van der Waals surface area contributed by atoms with Crippen LogP contribution < -0.4 is 16.0 Å². The molecular weight excluding hydrogens is 154 g/mol. The van der Waals surface area contributed by atoms with Crippen LogP contribution in [0.5, 0.6) is 5.75 Å². The van der Waals surface area contributed by atoms with Crippen molar-refractivity contribution in [2.24, 2.45) is 0 Å². The number of nitrogens with one attached hydrogen (secondary N) is 2. The smallest absolute Gasteiger partial charge is 0.115 e. The lowest BCUT2D eigenvalue weighted by molar-refractivity contribution is 0.475. The molecule has 0 bridgehead atoms. The van der Waals surface area contributed by atoms with E-state index < -0.39 is 0 Å². The van der Waals surface area contributed by atoms with Gasteiger partial charge in [0.05, 0.1) is 5.69 Å². The highest BCUT2D eigenvalue weighted by atomic mass is 16.3. The summed E-state index contributed by atoms with van der Waals surface area (Å²) in [4.78, 5) is 0. The van der Waals surface area contributed by atoms with Crippen molar-refractivity contribution in [2.45, 2.75) is 0 Å². The summed E-state index contributed by atoms with van der Waals surface area (Å²) in [5.41, 5.74) is 6.85. The van der Waals surface area contributed by atoms with Gasteiger partial charge in [0, 0.05) is 12.4 Å². The third kappa shape index (κ3) is 1.14. The molecule has 0 spiro atoms. The van der Waals surface area contributed by atoms with Gasteiger partial charge in [-0.2, -0.15) is 5.12 Å². The Morgan fingerprint density at radius 1 is 1.00 bits per heavy atom. The minimum absolute atomic E-state index is 0.269. The van der Waals surface area contributed by atoms with Crippen molar-refractivity contribution in [1.29, 1.82) is 0 Å². The SMILES string of the molecule is Oc1ccc(N2NC=CN2)cc1. The van der Waals surface area contributed by atoms with E-state index in [2.05, 4.69) is 10.9 Å². The van der Waals surface area contributed by atoms with Crippen molar-refractivity contribution >= 4 is 5.69 Å². The van der Waals surface area contributed by atoms with Gasteiger partial charge in [-0.05, 0) is 24.3 Å². The number of anilines is 1. The first-order valence-electron chi connectivity index (χ1n) is 3.63. The Bertz CT molecular complexity index is 286. The molecule has 1 aromatic rings. The zero-order valence-electron chi connectivity index (χ0n) is 6.36. The average molecular weight is 163 g/mol. The first-order chi connectivity index (χ1) is 5.86. The highest BCUT2D eigenvalue weighted by Crippen LogP contribution is 2.16. The number of hydrazine groups is 2. The van der Waals surface area contributed by atoms with Crippen LogP contribution in [0.4, 0.5) is 5.69 Å². The van der Waals surface area contributed by atoms with E-state index in [9.17, 15) is 0 Å². The minimum atomic E-state index is 0.269. The Hall–Kier alpha value is -1.84. The lowest BCUT2D eigenvalue weighted by Gasteiger charge is -2.18. The molecule has 0 unspecified atom stereocenters.